The third-order valence-corrected chi connectivity index (χ3v) is 3.23. The van der Waals surface area contributed by atoms with Gasteiger partial charge in [-0.3, -0.25) is 14.3 Å². The van der Waals surface area contributed by atoms with E-state index >= 15 is 0 Å². The zero-order chi connectivity index (χ0) is 14.7. The Morgan fingerprint density at radius 1 is 1.65 bits per heavy atom. The Labute approximate surface area is 115 Å². The zero-order valence-corrected chi connectivity index (χ0v) is 11.2. The molecular weight excluding hydrogens is 290 g/mol. The van der Waals surface area contributed by atoms with Gasteiger partial charge in [0.1, 0.15) is 11.0 Å². The van der Waals surface area contributed by atoms with Crippen LogP contribution >= 0.6 is 0 Å². The molecule has 2 unspecified atom stereocenters. The summed E-state index contributed by atoms with van der Waals surface area (Å²) < 4.78 is 20.9. The fourth-order valence-electron chi connectivity index (χ4n) is 1.59. The van der Waals surface area contributed by atoms with Crippen molar-refractivity contribution in [1.82, 2.24) is 5.01 Å². The van der Waals surface area contributed by atoms with Gasteiger partial charge in [-0.25, -0.2) is 4.79 Å². The fourth-order valence-corrected chi connectivity index (χ4v) is 2.28. The highest BCUT2D eigenvalue weighted by Gasteiger charge is 2.31. The van der Waals surface area contributed by atoms with Crippen LogP contribution in [0.2, 0.25) is 0 Å². The van der Waals surface area contributed by atoms with Crippen LogP contribution in [0.15, 0.2) is 21.7 Å². The number of nitro groups is 1. The van der Waals surface area contributed by atoms with Gasteiger partial charge in [-0.2, -0.15) is 10.1 Å². The zero-order valence-electron chi connectivity index (χ0n) is 10.4. The molecule has 1 aromatic rings. The standard InChI is InChI=1S/C10H11N3O6S/c1-20(17)6-8-5-12(10(14)19-8)11-4-7-2-3-9(18-7)13(15)16/h2-4,8H,5-6H2,1H3/b11-4+. The third-order valence-electron chi connectivity index (χ3n) is 2.39. The van der Waals surface area contributed by atoms with Gasteiger partial charge in [0.15, 0.2) is 5.76 Å². The van der Waals surface area contributed by atoms with Crippen LogP contribution in [-0.2, 0) is 15.5 Å². The molecule has 1 aliphatic heterocycles. The topological polar surface area (TPSA) is 115 Å². The van der Waals surface area contributed by atoms with Crippen molar-refractivity contribution in [3.05, 3.63) is 28.0 Å². The minimum Gasteiger partial charge on any atom is -0.442 e. The van der Waals surface area contributed by atoms with E-state index in [4.69, 9.17) is 9.15 Å². The minimum absolute atomic E-state index is 0.145. The van der Waals surface area contributed by atoms with E-state index < -0.39 is 33.8 Å². The molecule has 2 atom stereocenters. The molecule has 1 fully saturated rings. The predicted molar refractivity (Wildman–Crippen MR) is 68.9 cm³/mol. The molecule has 2 heterocycles. The molecule has 0 bridgehead atoms. The van der Waals surface area contributed by atoms with Crippen molar-refractivity contribution in [3.8, 4) is 0 Å². The van der Waals surface area contributed by atoms with Crippen LogP contribution in [0.3, 0.4) is 0 Å². The van der Waals surface area contributed by atoms with E-state index in [1.807, 2.05) is 0 Å². The molecule has 1 amide bonds. The maximum Gasteiger partial charge on any atom is 0.433 e. The molecule has 1 aromatic heterocycles. The fraction of sp³-hybridized carbons (Fsp3) is 0.400. The van der Waals surface area contributed by atoms with Gasteiger partial charge in [0.05, 0.1) is 24.6 Å². The SMILES string of the molecule is CS(=O)CC1CN(/N=C/c2ccc([N+](=O)[O-])o2)C(=O)O1. The number of furan rings is 1. The molecule has 0 spiro atoms. The van der Waals surface area contributed by atoms with Crippen molar-refractivity contribution in [1.29, 1.82) is 0 Å². The Morgan fingerprint density at radius 3 is 3.00 bits per heavy atom. The van der Waals surface area contributed by atoms with Gasteiger partial charge < -0.3 is 9.15 Å². The largest absolute Gasteiger partial charge is 0.442 e. The third kappa shape index (κ3) is 3.41. The Bertz CT molecular complexity index is 583. The Kier molecular flexibility index (Phi) is 4.13. The first kappa shape index (κ1) is 14.2. The number of amides is 1. The first-order valence-electron chi connectivity index (χ1n) is 5.52. The van der Waals surface area contributed by atoms with Crippen LogP contribution in [0.4, 0.5) is 10.7 Å². The van der Waals surface area contributed by atoms with Crippen LogP contribution in [-0.4, -0.2) is 51.1 Å². The summed E-state index contributed by atoms with van der Waals surface area (Å²) in [6.07, 6.45) is 1.57. The first-order chi connectivity index (χ1) is 9.45. The summed E-state index contributed by atoms with van der Waals surface area (Å²) in [5, 5.41) is 15.3. The van der Waals surface area contributed by atoms with Crippen molar-refractivity contribution in [2.75, 3.05) is 18.6 Å². The summed E-state index contributed by atoms with van der Waals surface area (Å²) in [6.45, 7) is 0.178. The van der Waals surface area contributed by atoms with Gasteiger partial charge in [0.25, 0.3) is 0 Å². The number of carbonyl (C=O) groups is 1. The lowest BCUT2D eigenvalue weighted by molar-refractivity contribution is -0.402. The maximum atomic E-state index is 11.5. The molecule has 10 heteroatoms. The van der Waals surface area contributed by atoms with Gasteiger partial charge in [0.2, 0.25) is 0 Å². The normalized spacial score (nSPS) is 20.4. The molecule has 1 saturated heterocycles. The average Bonchev–Trinajstić information content (AvgIpc) is 2.93. The summed E-state index contributed by atoms with van der Waals surface area (Å²) in [6, 6.07) is 2.55. The molecule has 0 N–H and O–H groups in total. The molecule has 9 nitrogen and oxygen atoms in total. The monoisotopic (exact) mass is 301 g/mol. The van der Waals surface area contributed by atoms with Gasteiger partial charge in [-0.1, -0.05) is 0 Å². The quantitative estimate of drug-likeness (QED) is 0.449. The highest BCUT2D eigenvalue weighted by molar-refractivity contribution is 7.84. The van der Waals surface area contributed by atoms with Crippen molar-refractivity contribution in [2.45, 2.75) is 6.10 Å². The van der Waals surface area contributed by atoms with E-state index in [1.165, 1.54) is 24.6 Å². The van der Waals surface area contributed by atoms with Crippen molar-refractivity contribution in [3.63, 3.8) is 0 Å². The van der Waals surface area contributed by atoms with Gasteiger partial charge in [-0.15, -0.1) is 0 Å². The molecule has 0 aromatic carbocycles. The number of rotatable bonds is 5. The number of nitrogens with zero attached hydrogens (tertiary/aromatic N) is 3. The molecule has 0 aliphatic carbocycles. The first-order valence-corrected chi connectivity index (χ1v) is 7.25. The van der Waals surface area contributed by atoms with Crippen molar-refractivity contribution >= 4 is 29.0 Å². The lowest BCUT2D eigenvalue weighted by Gasteiger charge is -2.04. The highest BCUT2D eigenvalue weighted by Crippen LogP contribution is 2.15. The number of hydrazone groups is 1. The second kappa shape index (κ2) is 5.82. The van der Waals surface area contributed by atoms with Crippen molar-refractivity contribution < 1.29 is 23.1 Å². The van der Waals surface area contributed by atoms with E-state index in [-0.39, 0.29) is 18.1 Å². The summed E-state index contributed by atoms with van der Waals surface area (Å²) in [5.74, 6) is -0.0222. The molecule has 0 saturated carbocycles. The van der Waals surface area contributed by atoms with E-state index in [9.17, 15) is 19.1 Å². The molecule has 2 rings (SSSR count). The summed E-state index contributed by atoms with van der Waals surface area (Å²) in [5.41, 5.74) is 0. The van der Waals surface area contributed by atoms with Crippen LogP contribution in [0.5, 0.6) is 0 Å². The minimum atomic E-state index is -1.08. The second-order valence-corrected chi connectivity index (χ2v) is 5.49. The predicted octanol–water partition coefficient (Wildman–Crippen LogP) is 0.721. The molecule has 1 aliphatic rings. The lowest BCUT2D eigenvalue weighted by Crippen LogP contribution is -2.22. The van der Waals surface area contributed by atoms with Crippen LogP contribution in [0, 0.1) is 10.1 Å². The highest BCUT2D eigenvalue weighted by atomic mass is 32.2. The summed E-state index contributed by atoms with van der Waals surface area (Å²) in [4.78, 5) is 21.2. The molecule has 108 valence electrons. The summed E-state index contributed by atoms with van der Waals surface area (Å²) >= 11 is 0. The van der Waals surface area contributed by atoms with E-state index in [2.05, 4.69) is 5.10 Å². The Morgan fingerprint density at radius 2 is 2.40 bits per heavy atom. The average molecular weight is 301 g/mol. The lowest BCUT2D eigenvalue weighted by atomic mass is 10.4. The van der Waals surface area contributed by atoms with Gasteiger partial charge in [0, 0.05) is 17.1 Å². The Balaban J connectivity index is 1.98. The van der Waals surface area contributed by atoms with E-state index in [0.29, 0.717) is 0 Å². The van der Waals surface area contributed by atoms with Crippen LogP contribution in [0.25, 0.3) is 0 Å². The molecular formula is C10H11N3O6S. The molecule has 0 radical (unpaired) electrons. The number of cyclic esters (lactones) is 1. The second-order valence-electron chi connectivity index (χ2n) is 4.01. The van der Waals surface area contributed by atoms with Crippen LogP contribution < -0.4 is 0 Å². The van der Waals surface area contributed by atoms with E-state index in [0.717, 1.165) is 5.01 Å². The van der Waals surface area contributed by atoms with Gasteiger partial charge >= 0.3 is 12.0 Å². The number of ether oxygens (including phenoxy) is 1. The number of carbonyl (C=O) groups excluding carboxylic acids is 1. The maximum absolute atomic E-state index is 11.5. The van der Waals surface area contributed by atoms with E-state index in [1.54, 1.807) is 0 Å². The molecule has 20 heavy (non-hydrogen) atoms. The van der Waals surface area contributed by atoms with Crippen LogP contribution in [0.1, 0.15) is 5.76 Å². The Hall–Kier alpha value is -2.23. The number of hydrogen-bond donors (Lipinski definition) is 0. The number of hydrogen-bond acceptors (Lipinski definition) is 7. The van der Waals surface area contributed by atoms with Gasteiger partial charge in [-0.05, 0) is 6.07 Å². The smallest absolute Gasteiger partial charge is 0.433 e. The summed E-state index contributed by atoms with van der Waals surface area (Å²) in [7, 11) is -1.08. The van der Waals surface area contributed by atoms with Crippen molar-refractivity contribution in [2.24, 2.45) is 5.10 Å².